The predicted molar refractivity (Wildman–Crippen MR) is 92.7 cm³/mol. The van der Waals surface area contributed by atoms with Gasteiger partial charge in [-0.15, -0.1) is 11.3 Å². The Bertz CT molecular complexity index is 790. The molecule has 108 valence electrons. The van der Waals surface area contributed by atoms with E-state index in [-0.39, 0.29) is 0 Å². The van der Waals surface area contributed by atoms with Gasteiger partial charge >= 0.3 is 0 Å². The lowest BCUT2D eigenvalue weighted by molar-refractivity contribution is 0.414. The smallest absolute Gasteiger partial charge is 0.119 e. The maximum atomic E-state index is 6.29. The Morgan fingerprint density at radius 2 is 2.19 bits per heavy atom. The number of aromatic nitrogens is 1. The zero-order valence-corrected chi connectivity index (χ0v) is 14.3. The van der Waals surface area contributed by atoms with E-state index in [9.17, 15) is 0 Å². The van der Waals surface area contributed by atoms with Gasteiger partial charge in [0.25, 0.3) is 0 Å². The van der Waals surface area contributed by atoms with Crippen molar-refractivity contribution >= 4 is 54.8 Å². The first-order chi connectivity index (χ1) is 10.2. The Balaban J connectivity index is 1.90. The van der Waals surface area contributed by atoms with Crippen molar-refractivity contribution in [2.45, 2.75) is 6.54 Å². The van der Waals surface area contributed by atoms with Crippen molar-refractivity contribution in [2.24, 2.45) is 0 Å². The van der Waals surface area contributed by atoms with Crippen LogP contribution >= 0.6 is 38.9 Å². The summed E-state index contributed by atoms with van der Waals surface area (Å²) in [6.07, 6.45) is 0. The number of hydrogen-bond acceptors (Lipinski definition) is 4. The normalized spacial score (nSPS) is 10.8. The van der Waals surface area contributed by atoms with E-state index in [1.807, 2.05) is 35.8 Å². The highest BCUT2D eigenvalue weighted by Gasteiger charge is 2.09. The quantitative estimate of drug-likeness (QED) is 0.661. The molecule has 1 heterocycles. The summed E-state index contributed by atoms with van der Waals surface area (Å²) in [4.78, 5) is 4.38. The van der Waals surface area contributed by atoms with Crippen LogP contribution in [-0.2, 0) is 6.54 Å². The van der Waals surface area contributed by atoms with E-state index in [1.165, 1.54) is 0 Å². The molecule has 0 unspecified atom stereocenters. The minimum absolute atomic E-state index is 0.633. The van der Waals surface area contributed by atoms with Crippen molar-refractivity contribution in [3.05, 3.63) is 50.9 Å². The molecule has 0 atom stereocenters. The molecular formula is C15H12BrClN2OS. The molecule has 0 aliphatic heterocycles. The van der Waals surface area contributed by atoms with Gasteiger partial charge < -0.3 is 10.1 Å². The summed E-state index contributed by atoms with van der Waals surface area (Å²) in [6.45, 7) is 0.633. The molecule has 0 aliphatic rings. The number of nitrogens with zero attached hydrogens (tertiary/aromatic N) is 1. The molecule has 0 saturated heterocycles. The second-order valence-corrected chi connectivity index (χ2v) is 6.58. The van der Waals surface area contributed by atoms with Crippen molar-refractivity contribution in [3.63, 3.8) is 0 Å². The van der Waals surface area contributed by atoms with Crippen molar-refractivity contribution in [1.82, 2.24) is 4.98 Å². The highest BCUT2D eigenvalue weighted by molar-refractivity contribution is 9.10. The van der Waals surface area contributed by atoms with E-state index in [0.717, 1.165) is 31.7 Å². The molecule has 1 aromatic heterocycles. The molecule has 21 heavy (non-hydrogen) atoms. The van der Waals surface area contributed by atoms with E-state index in [1.54, 1.807) is 18.4 Å². The number of hydrogen-bond donors (Lipinski definition) is 1. The molecule has 0 saturated carbocycles. The summed E-state index contributed by atoms with van der Waals surface area (Å²) in [5.41, 5.74) is 4.70. The van der Waals surface area contributed by atoms with Gasteiger partial charge in [-0.25, -0.2) is 4.98 Å². The topological polar surface area (TPSA) is 34.1 Å². The number of fused-ring (bicyclic) bond motifs is 1. The molecule has 6 heteroatoms. The Hall–Kier alpha value is -1.30. The number of halogens is 2. The van der Waals surface area contributed by atoms with Crippen molar-refractivity contribution in [3.8, 4) is 5.75 Å². The molecule has 0 radical (unpaired) electrons. The molecule has 1 N–H and O–H groups in total. The summed E-state index contributed by atoms with van der Waals surface area (Å²) in [6, 6.07) is 9.77. The van der Waals surface area contributed by atoms with Crippen LogP contribution in [0.3, 0.4) is 0 Å². The zero-order valence-electron chi connectivity index (χ0n) is 11.2. The fourth-order valence-corrected chi connectivity index (χ4v) is 3.36. The number of rotatable bonds is 4. The molecule has 0 amide bonds. The first-order valence-electron chi connectivity index (χ1n) is 6.27. The molecule has 2 aromatic carbocycles. The van der Waals surface area contributed by atoms with Crippen molar-refractivity contribution < 1.29 is 4.74 Å². The monoisotopic (exact) mass is 382 g/mol. The molecule has 0 bridgehead atoms. The summed E-state index contributed by atoms with van der Waals surface area (Å²) in [7, 11) is 1.66. The molecule has 0 aliphatic carbocycles. The molecule has 0 fully saturated rings. The van der Waals surface area contributed by atoms with E-state index in [0.29, 0.717) is 11.6 Å². The zero-order chi connectivity index (χ0) is 14.8. The Kier molecular flexibility index (Phi) is 4.33. The summed E-state index contributed by atoms with van der Waals surface area (Å²) >= 11 is 11.4. The second-order valence-electron chi connectivity index (χ2n) is 4.43. The van der Waals surface area contributed by atoms with Crippen LogP contribution < -0.4 is 10.1 Å². The predicted octanol–water partition coefficient (Wildman–Crippen LogP) is 5.33. The second kappa shape index (κ2) is 6.22. The average Bonchev–Trinajstić information content (AvgIpc) is 2.96. The number of benzene rings is 2. The third-order valence-corrected chi connectivity index (χ3v) is 5.04. The van der Waals surface area contributed by atoms with E-state index >= 15 is 0 Å². The van der Waals surface area contributed by atoms with Gasteiger partial charge in [0.05, 0.1) is 28.0 Å². The highest BCUT2D eigenvalue weighted by Crippen LogP contribution is 2.33. The largest absolute Gasteiger partial charge is 0.497 e. The van der Waals surface area contributed by atoms with Gasteiger partial charge in [0.2, 0.25) is 0 Å². The average molecular weight is 384 g/mol. The van der Waals surface area contributed by atoms with Gasteiger partial charge in [-0.1, -0.05) is 27.5 Å². The van der Waals surface area contributed by atoms with Crippen molar-refractivity contribution in [2.75, 3.05) is 12.4 Å². The number of anilines is 1. The lowest BCUT2D eigenvalue weighted by atomic mass is 10.2. The van der Waals surface area contributed by atoms with Gasteiger partial charge in [-0.3, -0.25) is 0 Å². The summed E-state index contributed by atoms with van der Waals surface area (Å²) in [5, 5.41) is 4.05. The van der Waals surface area contributed by atoms with Gasteiger partial charge in [0.15, 0.2) is 0 Å². The van der Waals surface area contributed by atoms with Crippen LogP contribution in [0, 0.1) is 0 Å². The Morgan fingerprint density at radius 1 is 1.33 bits per heavy atom. The van der Waals surface area contributed by atoms with Crippen LogP contribution in [0.25, 0.3) is 10.2 Å². The fraction of sp³-hybridized carbons (Fsp3) is 0.133. The highest BCUT2D eigenvalue weighted by atomic mass is 79.9. The third-order valence-electron chi connectivity index (χ3n) is 3.16. The lowest BCUT2D eigenvalue weighted by Crippen LogP contribution is -2.02. The van der Waals surface area contributed by atoms with Crippen LogP contribution in [0.1, 0.15) is 5.56 Å². The Labute approximate surface area is 140 Å². The molecule has 3 rings (SSSR count). The van der Waals surface area contributed by atoms with Gasteiger partial charge in [-0.2, -0.15) is 0 Å². The van der Waals surface area contributed by atoms with E-state index in [2.05, 4.69) is 26.2 Å². The van der Waals surface area contributed by atoms with Crippen LogP contribution in [0.2, 0.25) is 5.02 Å². The van der Waals surface area contributed by atoms with Crippen LogP contribution in [0.15, 0.2) is 40.3 Å². The molecule has 0 spiro atoms. The number of ether oxygens (including phenoxy) is 1. The summed E-state index contributed by atoms with van der Waals surface area (Å²) in [5.74, 6) is 0.827. The van der Waals surface area contributed by atoms with Gasteiger partial charge in [0, 0.05) is 11.0 Å². The fourth-order valence-electron chi connectivity index (χ4n) is 2.07. The molecular weight excluding hydrogens is 372 g/mol. The number of methoxy groups -OCH3 is 1. The van der Waals surface area contributed by atoms with Crippen LogP contribution in [0.5, 0.6) is 5.75 Å². The number of nitrogens with one attached hydrogen (secondary N) is 1. The summed E-state index contributed by atoms with van der Waals surface area (Å²) < 4.78 is 7.40. The molecule has 3 nitrogen and oxygen atoms in total. The van der Waals surface area contributed by atoms with Crippen molar-refractivity contribution in [1.29, 1.82) is 0 Å². The maximum absolute atomic E-state index is 6.29. The van der Waals surface area contributed by atoms with Gasteiger partial charge in [0.1, 0.15) is 11.3 Å². The minimum atomic E-state index is 0.633. The lowest BCUT2D eigenvalue weighted by Gasteiger charge is -2.11. The minimum Gasteiger partial charge on any atom is -0.497 e. The van der Waals surface area contributed by atoms with Crippen LogP contribution in [-0.4, -0.2) is 12.1 Å². The standard InChI is InChI=1S/C15H12BrClN2OS/c1-20-10-2-3-11(16)9(6-10)7-18-14-12(17)4-5-13-15(14)19-8-21-13/h2-6,8,18H,7H2,1H3. The first kappa shape index (κ1) is 14.6. The molecule has 3 aromatic rings. The van der Waals surface area contributed by atoms with E-state index < -0.39 is 0 Å². The third kappa shape index (κ3) is 3.00. The van der Waals surface area contributed by atoms with Gasteiger partial charge in [-0.05, 0) is 35.9 Å². The van der Waals surface area contributed by atoms with Crippen LogP contribution in [0.4, 0.5) is 5.69 Å². The Morgan fingerprint density at radius 3 is 3.00 bits per heavy atom. The van der Waals surface area contributed by atoms with E-state index in [4.69, 9.17) is 16.3 Å². The SMILES string of the molecule is COc1ccc(Br)c(CNc2c(Cl)ccc3scnc23)c1. The maximum Gasteiger partial charge on any atom is 0.119 e. The first-order valence-corrected chi connectivity index (χ1v) is 8.32. The number of thiazole rings is 1.